The van der Waals surface area contributed by atoms with Crippen molar-refractivity contribution in [2.75, 3.05) is 5.32 Å². The first-order valence-corrected chi connectivity index (χ1v) is 6.25. The van der Waals surface area contributed by atoms with E-state index in [0.29, 0.717) is 5.15 Å². The fourth-order valence-corrected chi connectivity index (χ4v) is 1.91. The molecule has 2 rings (SSSR count). The summed E-state index contributed by atoms with van der Waals surface area (Å²) in [5.74, 6) is 0.728. The van der Waals surface area contributed by atoms with Crippen molar-refractivity contribution in [2.45, 2.75) is 13.8 Å². The molecule has 1 aromatic heterocycles. The highest BCUT2D eigenvalue weighted by Crippen LogP contribution is 2.26. The van der Waals surface area contributed by atoms with E-state index >= 15 is 0 Å². The van der Waals surface area contributed by atoms with Gasteiger partial charge in [-0.2, -0.15) is 0 Å². The fraction of sp³-hybridized carbons (Fsp3) is 0.167. The second-order valence-electron chi connectivity index (χ2n) is 3.72. The van der Waals surface area contributed by atoms with Crippen LogP contribution in [0.25, 0.3) is 0 Å². The van der Waals surface area contributed by atoms with Crippen LogP contribution in [0.2, 0.25) is 5.15 Å². The lowest BCUT2D eigenvalue weighted by atomic mass is 10.2. The molecular formula is C12H11BrClN3. The van der Waals surface area contributed by atoms with E-state index in [9.17, 15) is 0 Å². The zero-order valence-corrected chi connectivity index (χ0v) is 11.8. The van der Waals surface area contributed by atoms with Crippen molar-refractivity contribution in [3.05, 3.63) is 45.3 Å². The third-order valence-electron chi connectivity index (χ3n) is 2.48. The van der Waals surface area contributed by atoms with E-state index in [1.807, 2.05) is 32.0 Å². The van der Waals surface area contributed by atoms with Crippen molar-refractivity contribution in [3.63, 3.8) is 0 Å². The van der Waals surface area contributed by atoms with Crippen molar-refractivity contribution >= 4 is 39.0 Å². The molecule has 2 aromatic rings. The molecule has 0 unspecified atom stereocenters. The van der Waals surface area contributed by atoms with Gasteiger partial charge >= 0.3 is 0 Å². The minimum atomic E-state index is 0.468. The highest BCUT2D eigenvalue weighted by Gasteiger charge is 2.06. The number of hydrogen-bond donors (Lipinski definition) is 1. The van der Waals surface area contributed by atoms with Crippen LogP contribution in [0.4, 0.5) is 11.5 Å². The van der Waals surface area contributed by atoms with E-state index in [1.165, 1.54) is 6.33 Å². The van der Waals surface area contributed by atoms with Gasteiger partial charge in [-0.1, -0.05) is 33.6 Å². The lowest BCUT2D eigenvalue weighted by Crippen LogP contribution is -1.99. The Morgan fingerprint density at radius 1 is 1.24 bits per heavy atom. The Balaban J connectivity index is 2.38. The largest absolute Gasteiger partial charge is 0.340 e. The van der Waals surface area contributed by atoms with E-state index in [4.69, 9.17) is 11.6 Å². The fourth-order valence-electron chi connectivity index (χ4n) is 1.41. The van der Waals surface area contributed by atoms with Gasteiger partial charge in [-0.05, 0) is 31.5 Å². The van der Waals surface area contributed by atoms with Gasteiger partial charge < -0.3 is 5.32 Å². The highest BCUT2D eigenvalue weighted by molar-refractivity contribution is 9.10. The van der Waals surface area contributed by atoms with Crippen LogP contribution in [-0.2, 0) is 0 Å². The molecule has 1 heterocycles. The SMILES string of the molecule is Cc1ccc(Br)cc1Nc1ncnc(Cl)c1C. The van der Waals surface area contributed by atoms with E-state index in [0.717, 1.165) is 27.1 Å². The molecule has 0 aliphatic carbocycles. The molecule has 0 bridgehead atoms. The molecule has 0 amide bonds. The standard InChI is InChI=1S/C12H11BrClN3/c1-7-3-4-9(13)5-10(7)17-12-8(2)11(14)15-6-16-12/h3-6H,1-2H3,(H,15,16,17). The number of aryl methyl sites for hydroxylation is 1. The molecule has 0 atom stereocenters. The molecule has 0 fully saturated rings. The number of hydrogen-bond acceptors (Lipinski definition) is 3. The van der Waals surface area contributed by atoms with Crippen molar-refractivity contribution in [1.82, 2.24) is 9.97 Å². The highest BCUT2D eigenvalue weighted by atomic mass is 79.9. The van der Waals surface area contributed by atoms with E-state index in [-0.39, 0.29) is 0 Å². The Morgan fingerprint density at radius 2 is 2.00 bits per heavy atom. The quantitative estimate of drug-likeness (QED) is 0.842. The molecule has 0 spiro atoms. The third-order valence-corrected chi connectivity index (χ3v) is 3.35. The molecule has 1 aromatic carbocycles. The topological polar surface area (TPSA) is 37.8 Å². The average molecular weight is 313 g/mol. The maximum atomic E-state index is 5.95. The summed E-state index contributed by atoms with van der Waals surface area (Å²) in [6.07, 6.45) is 1.45. The van der Waals surface area contributed by atoms with Gasteiger partial charge in [0.1, 0.15) is 17.3 Å². The summed E-state index contributed by atoms with van der Waals surface area (Å²) >= 11 is 9.39. The predicted molar refractivity (Wildman–Crippen MR) is 73.9 cm³/mol. The van der Waals surface area contributed by atoms with Gasteiger partial charge in [0.25, 0.3) is 0 Å². The van der Waals surface area contributed by atoms with Gasteiger partial charge in [-0.25, -0.2) is 9.97 Å². The monoisotopic (exact) mass is 311 g/mol. The summed E-state index contributed by atoms with van der Waals surface area (Å²) in [6.45, 7) is 3.92. The van der Waals surface area contributed by atoms with Gasteiger partial charge in [0.05, 0.1) is 0 Å². The van der Waals surface area contributed by atoms with E-state index < -0.39 is 0 Å². The maximum absolute atomic E-state index is 5.95. The first kappa shape index (κ1) is 12.3. The maximum Gasteiger partial charge on any atom is 0.138 e. The molecule has 0 aliphatic rings. The van der Waals surface area contributed by atoms with E-state index in [2.05, 4.69) is 31.2 Å². The number of halogens is 2. The van der Waals surface area contributed by atoms with Crippen LogP contribution in [-0.4, -0.2) is 9.97 Å². The normalized spacial score (nSPS) is 10.4. The molecule has 0 saturated heterocycles. The van der Waals surface area contributed by atoms with Crippen LogP contribution < -0.4 is 5.32 Å². The first-order valence-electron chi connectivity index (χ1n) is 5.08. The smallest absolute Gasteiger partial charge is 0.138 e. The summed E-state index contributed by atoms with van der Waals surface area (Å²) in [4.78, 5) is 8.11. The van der Waals surface area contributed by atoms with Crippen molar-refractivity contribution < 1.29 is 0 Å². The van der Waals surface area contributed by atoms with Crippen LogP contribution >= 0.6 is 27.5 Å². The molecule has 0 aliphatic heterocycles. The first-order chi connectivity index (χ1) is 8.08. The average Bonchev–Trinajstić information content (AvgIpc) is 2.30. The van der Waals surface area contributed by atoms with Crippen molar-refractivity contribution in [3.8, 4) is 0 Å². The number of nitrogens with one attached hydrogen (secondary N) is 1. The molecule has 5 heteroatoms. The molecule has 1 N–H and O–H groups in total. The van der Waals surface area contributed by atoms with Gasteiger partial charge in [0, 0.05) is 15.7 Å². The number of nitrogens with zero attached hydrogens (tertiary/aromatic N) is 2. The summed E-state index contributed by atoms with van der Waals surface area (Å²) in [6, 6.07) is 6.04. The van der Waals surface area contributed by atoms with E-state index in [1.54, 1.807) is 0 Å². The zero-order chi connectivity index (χ0) is 12.4. The number of rotatable bonds is 2. The van der Waals surface area contributed by atoms with Crippen LogP contribution in [0.5, 0.6) is 0 Å². The second-order valence-corrected chi connectivity index (χ2v) is 5.00. The number of aromatic nitrogens is 2. The van der Waals surface area contributed by atoms with Crippen LogP contribution in [0.15, 0.2) is 29.0 Å². The summed E-state index contributed by atoms with van der Waals surface area (Å²) < 4.78 is 1.02. The van der Waals surface area contributed by atoms with Gasteiger partial charge in [0.15, 0.2) is 0 Å². The number of benzene rings is 1. The Kier molecular flexibility index (Phi) is 3.64. The van der Waals surface area contributed by atoms with Gasteiger partial charge in [0.2, 0.25) is 0 Å². The third kappa shape index (κ3) is 2.76. The summed E-state index contributed by atoms with van der Waals surface area (Å²) in [5.41, 5.74) is 2.98. The Morgan fingerprint density at radius 3 is 2.76 bits per heavy atom. The Labute approximate surface area is 113 Å². The number of anilines is 2. The second kappa shape index (κ2) is 5.02. The van der Waals surface area contributed by atoms with Crippen LogP contribution in [0.3, 0.4) is 0 Å². The summed E-state index contributed by atoms with van der Waals surface area (Å²) in [5, 5.41) is 3.72. The minimum absolute atomic E-state index is 0.468. The molecular weight excluding hydrogens is 302 g/mol. The van der Waals surface area contributed by atoms with Crippen molar-refractivity contribution in [2.24, 2.45) is 0 Å². The molecule has 88 valence electrons. The van der Waals surface area contributed by atoms with Crippen LogP contribution in [0, 0.1) is 13.8 Å². The lowest BCUT2D eigenvalue weighted by molar-refractivity contribution is 1.13. The van der Waals surface area contributed by atoms with Gasteiger partial charge in [-0.15, -0.1) is 0 Å². The van der Waals surface area contributed by atoms with Crippen molar-refractivity contribution in [1.29, 1.82) is 0 Å². The zero-order valence-electron chi connectivity index (χ0n) is 9.46. The summed E-state index contributed by atoms with van der Waals surface area (Å²) in [7, 11) is 0. The van der Waals surface area contributed by atoms with Gasteiger partial charge in [-0.3, -0.25) is 0 Å². The lowest BCUT2D eigenvalue weighted by Gasteiger charge is -2.11. The van der Waals surface area contributed by atoms with Crippen LogP contribution in [0.1, 0.15) is 11.1 Å². The predicted octanol–water partition coefficient (Wildman–Crippen LogP) is 4.25. The molecule has 0 radical (unpaired) electrons. The Hall–Kier alpha value is -1.13. The Bertz CT molecular complexity index is 557. The molecule has 17 heavy (non-hydrogen) atoms. The minimum Gasteiger partial charge on any atom is -0.340 e. The molecule has 3 nitrogen and oxygen atoms in total. The molecule has 0 saturated carbocycles.